The van der Waals surface area contributed by atoms with Crippen LogP contribution >= 0.6 is 0 Å². The minimum Gasteiger partial charge on any atom is -0.355 e. The van der Waals surface area contributed by atoms with Gasteiger partial charge in [0.2, 0.25) is 21.8 Å². The third kappa shape index (κ3) is 6.56. The number of benzene rings is 2. The molecule has 0 spiro atoms. The third-order valence-corrected chi connectivity index (χ3v) is 6.39. The van der Waals surface area contributed by atoms with Crippen molar-refractivity contribution in [1.29, 1.82) is 0 Å². The van der Waals surface area contributed by atoms with Crippen LogP contribution in [-0.4, -0.2) is 50.5 Å². The van der Waals surface area contributed by atoms with Crippen LogP contribution in [0.3, 0.4) is 0 Å². The zero-order chi connectivity index (χ0) is 24.1. The van der Waals surface area contributed by atoms with Gasteiger partial charge in [-0.2, -0.15) is 0 Å². The molecule has 2 aromatic carbocycles. The maximum absolute atomic E-state index is 13.4. The van der Waals surface area contributed by atoms with Crippen LogP contribution < -0.4 is 9.62 Å². The van der Waals surface area contributed by atoms with Crippen LogP contribution in [0.1, 0.15) is 36.1 Å². The van der Waals surface area contributed by atoms with E-state index < -0.39 is 28.5 Å². The highest BCUT2D eigenvalue weighted by molar-refractivity contribution is 7.92. The fourth-order valence-corrected chi connectivity index (χ4v) is 4.39. The number of amides is 2. The van der Waals surface area contributed by atoms with Crippen molar-refractivity contribution in [1.82, 2.24) is 10.2 Å². The Kier molecular flexibility index (Phi) is 8.44. The first-order valence-corrected chi connectivity index (χ1v) is 12.5. The van der Waals surface area contributed by atoms with Crippen LogP contribution in [0.2, 0.25) is 0 Å². The zero-order valence-corrected chi connectivity index (χ0v) is 20.5. The summed E-state index contributed by atoms with van der Waals surface area (Å²) in [6.45, 7) is 9.33. The number of sulfonamides is 1. The Morgan fingerprint density at radius 2 is 1.69 bits per heavy atom. The van der Waals surface area contributed by atoms with Gasteiger partial charge in [-0.15, -0.1) is 0 Å². The highest BCUT2D eigenvalue weighted by Crippen LogP contribution is 2.24. The number of anilines is 1. The van der Waals surface area contributed by atoms with E-state index in [1.54, 1.807) is 19.9 Å². The number of likely N-dealkylation sites (N-methyl/N-ethyl adjacent to an activating group) is 1. The van der Waals surface area contributed by atoms with Crippen molar-refractivity contribution in [3.63, 3.8) is 0 Å². The number of rotatable bonds is 9. The van der Waals surface area contributed by atoms with Crippen LogP contribution in [0, 0.1) is 20.8 Å². The average molecular weight is 460 g/mol. The molecule has 0 bridgehead atoms. The second-order valence-corrected chi connectivity index (χ2v) is 10.0. The quantitative estimate of drug-likeness (QED) is 0.625. The van der Waals surface area contributed by atoms with Gasteiger partial charge in [-0.1, -0.05) is 42.0 Å². The van der Waals surface area contributed by atoms with Crippen molar-refractivity contribution in [3.8, 4) is 0 Å². The largest absolute Gasteiger partial charge is 0.355 e. The molecule has 1 N–H and O–H groups in total. The van der Waals surface area contributed by atoms with Gasteiger partial charge < -0.3 is 10.2 Å². The summed E-state index contributed by atoms with van der Waals surface area (Å²) < 4.78 is 26.4. The predicted octanol–water partition coefficient (Wildman–Crippen LogP) is 2.93. The normalized spacial score (nSPS) is 12.2. The van der Waals surface area contributed by atoms with Gasteiger partial charge in [-0.05, 0) is 57.4 Å². The molecule has 0 saturated heterocycles. The topological polar surface area (TPSA) is 86.8 Å². The summed E-state index contributed by atoms with van der Waals surface area (Å²) in [5.74, 6) is -0.734. The molecular weight excluding hydrogens is 426 g/mol. The number of hydrogen-bond acceptors (Lipinski definition) is 4. The molecule has 0 saturated carbocycles. The monoisotopic (exact) mass is 459 g/mol. The molecule has 2 aromatic rings. The van der Waals surface area contributed by atoms with Crippen molar-refractivity contribution < 1.29 is 18.0 Å². The van der Waals surface area contributed by atoms with Gasteiger partial charge in [0.25, 0.3) is 0 Å². The maximum atomic E-state index is 13.4. The lowest BCUT2D eigenvalue weighted by molar-refractivity contribution is -0.139. The first-order chi connectivity index (χ1) is 14.9. The van der Waals surface area contributed by atoms with Crippen LogP contribution in [-0.2, 0) is 26.2 Å². The molecule has 0 aliphatic carbocycles. The van der Waals surface area contributed by atoms with E-state index in [9.17, 15) is 18.0 Å². The molecule has 32 heavy (non-hydrogen) atoms. The number of nitrogens with zero attached hydrogens (tertiary/aromatic N) is 2. The number of carbonyl (C=O) groups excluding carboxylic acids is 2. The molecule has 0 fully saturated rings. The fraction of sp³-hybridized carbons (Fsp3) is 0.417. The Balaban J connectivity index is 2.43. The van der Waals surface area contributed by atoms with Crippen LogP contribution in [0.5, 0.6) is 0 Å². The maximum Gasteiger partial charge on any atom is 0.244 e. The van der Waals surface area contributed by atoms with E-state index in [4.69, 9.17) is 0 Å². The standard InChI is InChI=1S/C24H33N3O4S/c1-7-25-24(29)20(5)26(15-21-10-8-9-17(2)13-21)23(28)16-27(32(6,30)31)22-14-18(3)11-12-19(22)4/h8-14,20H,7,15-16H2,1-6H3,(H,25,29). The van der Waals surface area contributed by atoms with Crippen molar-refractivity contribution in [2.24, 2.45) is 0 Å². The van der Waals surface area contributed by atoms with Gasteiger partial charge in [0, 0.05) is 13.1 Å². The van der Waals surface area contributed by atoms with E-state index >= 15 is 0 Å². The summed E-state index contributed by atoms with van der Waals surface area (Å²) in [6, 6.07) is 12.4. The SMILES string of the molecule is CCNC(=O)C(C)N(Cc1cccc(C)c1)C(=O)CN(c1cc(C)ccc1C)S(C)(=O)=O. The van der Waals surface area contributed by atoms with E-state index in [-0.39, 0.29) is 12.5 Å². The second-order valence-electron chi connectivity index (χ2n) is 8.14. The molecular formula is C24H33N3O4S. The van der Waals surface area contributed by atoms with Gasteiger partial charge >= 0.3 is 0 Å². The summed E-state index contributed by atoms with van der Waals surface area (Å²) in [4.78, 5) is 27.4. The first-order valence-electron chi connectivity index (χ1n) is 10.6. The minimum absolute atomic E-state index is 0.198. The van der Waals surface area contributed by atoms with Crippen molar-refractivity contribution in [3.05, 3.63) is 64.7 Å². The van der Waals surface area contributed by atoms with Crippen molar-refractivity contribution >= 4 is 27.5 Å². The lowest BCUT2D eigenvalue weighted by Gasteiger charge is -2.32. The predicted molar refractivity (Wildman–Crippen MR) is 128 cm³/mol. The number of nitrogens with one attached hydrogen (secondary N) is 1. The molecule has 0 aliphatic heterocycles. The molecule has 1 unspecified atom stereocenters. The smallest absolute Gasteiger partial charge is 0.244 e. The van der Waals surface area contributed by atoms with Crippen molar-refractivity contribution in [2.75, 3.05) is 23.7 Å². The minimum atomic E-state index is -3.74. The summed E-state index contributed by atoms with van der Waals surface area (Å²) in [7, 11) is -3.74. The molecule has 7 nitrogen and oxygen atoms in total. The van der Waals surface area contributed by atoms with Gasteiger partial charge in [-0.3, -0.25) is 13.9 Å². The number of carbonyl (C=O) groups is 2. The Labute approximate surface area is 191 Å². The molecule has 2 rings (SSSR count). The first kappa shape index (κ1) is 25.4. The summed E-state index contributed by atoms with van der Waals surface area (Å²) in [5, 5.41) is 2.74. The van der Waals surface area contributed by atoms with Gasteiger partial charge in [-0.25, -0.2) is 8.42 Å². The molecule has 1 atom stereocenters. The molecule has 2 amide bonds. The zero-order valence-electron chi connectivity index (χ0n) is 19.7. The summed E-state index contributed by atoms with van der Waals surface area (Å²) in [5.41, 5.74) is 4.00. The molecule has 0 aromatic heterocycles. The number of aryl methyl sites for hydroxylation is 3. The fourth-order valence-electron chi connectivity index (χ4n) is 3.49. The van der Waals surface area contributed by atoms with E-state index in [1.165, 1.54) is 4.90 Å². The molecule has 8 heteroatoms. The molecule has 0 heterocycles. The Morgan fingerprint density at radius 3 is 2.28 bits per heavy atom. The van der Waals surface area contributed by atoms with E-state index in [0.717, 1.165) is 32.8 Å². The van der Waals surface area contributed by atoms with E-state index in [1.807, 2.05) is 57.2 Å². The Morgan fingerprint density at radius 1 is 1.03 bits per heavy atom. The lowest BCUT2D eigenvalue weighted by Crippen LogP contribution is -2.51. The third-order valence-electron chi connectivity index (χ3n) is 5.27. The van der Waals surface area contributed by atoms with Gasteiger partial charge in [0.05, 0.1) is 11.9 Å². The summed E-state index contributed by atoms with van der Waals surface area (Å²) in [6.07, 6.45) is 1.08. The summed E-state index contributed by atoms with van der Waals surface area (Å²) >= 11 is 0. The molecule has 174 valence electrons. The highest BCUT2D eigenvalue weighted by atomic mass is 32.2. The van der Waals surface area contributed by atoms with E-state index in [2.05, 4.69) is 5.32 Å². The lowest BCUT2D eigenvalue weighted by atomic mass is 10.1. The van der Waals surface area contributed by atoms with Gasteiger partial charge in [0.1, 0.15) is 12.6 Å². The Bertz CT molecular complexity index is 1080. The van der Waals surface area contributed by atoms with Crippen LogP contribution in [0.4, 0.5) is 5.69 Å². The molecule has 0 radical (unpaired) electrons. The Hall–Kier alpha value is -2.87. The van der Waals surface area contributed by atoms with Gasteiger partial charge in [0.15, 0.2) is 0 Å². The highest BCUT2D eigenvalue weighted by Gasteiger charge is 2.30. The van der Waals surface area contributed by atoms with Crippen LogP contribution in [0.25, 0.3) is 0 Å². The average Bonchev–Trinajstić information content (AvgIpc) is 2.71. The second kappa shape index (κ2) is 10.6. The number of hydrogen-bond donors (Lipinski definition) is 1. The molecule has 0 aliphatic rings. The van der Waals surface area contributed by atoms with Crippen LogP contribution in [0.15, 0.2) is 42.5 Å². The van der Waals surface area contributed by atoms with Crippen molar-refractivity contribution in [2.45, 2.75) is 47.2 Å². The van der Waals surface area contributed by atoms with E-state index in [0.29, 0.717) is 12.2 Å².